The van der Waals surface area contributed by atoms with E-state index in [0.29, 0.717) is 0 Å². The molecular weight excluding hydrogens is 196 g/mol. The van der Waals surface area contributed by atoms with Gasteiger partial charge in [-0.05, 0) is 51.0 Å². The minimum atomic E-state index is 0.741. The van der Waals surface area contributed by atoms with Gasteiger partial charge in [0.05, 0.1) is 0 Å². The molecular formula is C14H28N2. The molecule has 0 bridgehead atoms. The predicted molar refractivity (Wildman–Crippen MR) is 69.6 cm³/mol. The molecule has 0 aromatic rings. The first-order chi connectivity index (χ1) is 7.70. The molecule has 0 amide bonds. The van der Waals surface area contributed by atoms with Gasteiger partial charge in [-0.3, -0.25) is 4.90 Å². The average Bonchev–Trinajstić information content (AvgIpc) is 3.08. The van der Waals surface area contributed by atoms with Crippen molar-refractivity contribution in [2.24, 2.45) is 11.8 Å². The summed E-state index contributed by atoms with van der Waals surface area (Å²) in [7, 11) is 0. The Morgan fingerprint density at radius 3 is 2.69 bits per heavy atom. The van der Waals surface area contributed by atoms with Gasteiger partial charge in [0.1, 0.15) is 0 Å². The zero-order valence-corrected chi connectivity index (χ0v) is 11.2. The number of piperidine rings is 1. The molecule has 1 N–H and O–H groups in total. The van der Waals surface area contributed by atoms with E-state index in [1.165, 1.54) is 45.3 Å². The number of hydrogen-bond donors (Lipinski definition) is 1. The van der Waals surface area contributed by atoms with Gasteiger partial charge in [0.25, 0.3) is 0 Å². The van der Waals surface area contributed by atoms with Gasteiger partial charge in [-0.1, -0.05) is 13.8 Å². The Labute approximate surface area is 101 Å². The highest BCUT2D eigenvalue weighted by atomic mass is 15.2. The van der Waals surface area contributed by atoms with Crippen molar-refractivity contribution in [2.45, 2.75) is 58.5 Å². The average molecular weight is 224 g/mol. The lowest BCUT2D eigenvalue weighted by Crippen LogP contribution is -2.52. The van der Waals surface area contributed by atoms with Crippen LogP contribution in [0.5, 0.6) is 0 Å². The van der Waals surface area contributed by atoms with Crippen molar-refractivity contribution in [3.63, 3.8) is 0 Å². The van der Waals surface area contributed by atoms with Crippen molar-refractivity contribution in [3.05, 3.63) is 0 Å². The van der Waals surface area contributed by atoms with Gasteiger partial charge < -0.3 is 5.32 Å². The highest BCUT2D eigenvalue weighted by Crippen LogP contribution is 2.36. The van der Waals surface area contributed by atoms with Crippen LogP contribution in [0, 0.1) is 11.8 Å². The van der Waals surface area contributed by atoms with E-state index in [9.17, 15) is 0 Å². The fourth-order valence-electron chi connectivity index (χ4n) is 3.10. The summed E-state index contributed by atoms with van der Waals surface area (Å²) in [5.74, 6) is 1.88. The van der Waals surface area contributed by atoms with Crippen LogP contribution < -0.4 is 5.32 Å². The molecule has 1 saturated carbocycles. The topological polar surface area (TPSA) is 15.3 Å². The third-order valence-electron chi connectivity index (χ3n) is 4.25. The molecule has 2 rings (SSSR count). The highest BCUT2D eigenvalue weighted by molar-refractivity contribution is 4.90. The minimum absolute atomic E-state index is 0.741. The van der Waals surface area contributed by atoms with Crippen LogP contribution in [0.25, 0.3) is 0 Å². The lowest BCUT2D eigenvalue weighted by Gasteiger charge is -2.40. The van der Waals surface area contributed by atoms with Gasteiger partial charge in [-0.2, -0.15) is 0 Å². The van der Waals surface area contributed by atoms with E-state index in [1.807, 2.05) is 0 Å². The zero-order valence-electron chi connectivity index (χ0n) is 11.2. The molecule has 0 spiro atoms. The molecule has 3 unspecified atom stereocenters. The molecule has 1 aliphatic heterocycles. The molecule has 0 aromatic heterocycles. The second kappa shape index (κ2) is 5.50. The summed E-state index contributed by atoms with van der Waals surface area (Å²) in [4.78, 5) is 2.74. The summed E-state index contributed by atoms with van der Waals surface area (Å²) in [6, 6.07) is 1.57. The van der Waals surface area contributed by atoms with Crippen molar-refractivity contribution in [2.75, 3.05) is 19.6 Å². The van der Waals surface area contributed by atoms with Crippen LogP contribution in [0.15, 0.2) is 0 Å². The maximum Gasteiger partial charge on any atom is 0.0198 e. The standard InChI is InChI=1S/C14H28N2/c1-4-7-15-14-8-11(2)9-16(10-14)12(3)13-5-6-13/h11-15H,4-10H2,1-3H3. The van der Waals surface area contributed by atoms with E-state index in [4.69, 9.17) is 0 Å². The molecule has 1 saturated heterocycles. The van der Waals surface area contributed by atoms with Crippen molar-refractivity contribution < 1.29 is 0 Å². The minimum Gasteiger partial charge on any atom is -0.313 e. The lowest BCUT2D eigenvalue weighted by molar-refractivity contribution is 0.101. The Hall–Kier alpha value is -0.0800. The molecule has 3 atom stereocenters. The van der Waals surface area contributed by atoms with Crippen LogP contribution in [0.2, 0.25) is 0 Å². The van der Waals surface area contributed by atoms with E-state index in [2.05, 4.69) is 31.0 Å². The molecule has 2 fully saturated rings. The number of likely N-dealkylation sites (tertiary alicyclic amines) is 1. The molecule has 94 valence electrons. The van der Waals surface area contributed by atoms with Crippen molar-refractivity contribution in [1.29, 1.82) is 0 Å². The Bertz CT molecular complexity index is 213. The number of nitrogens with zero attached hydrogens (tertiary/aromatic N) is 1. The number of rotatable bonds is 5. The Morgan fingerprint density at radius 1 is 1.31 bits per heavy atom. The fraction of sp³-hybridized carbons (Fsp3) is 1.00. The Morgan fingerprint density at radius 2 is 2.06 bits per heavy atom. The predicted octanol–water partition coefficient (Wildman–Crippen LogP) is 2.49. The van der Waals surface area contributed by atoms with Crippen molar-refractivity contribution in [1.82, 2.24) is 10.2 Å². The van der Waals surface area contributed by atoms with E-state index in [-0.39, 0.29) is 0 Å². The number of hydrogen-bond acceptors (Lipinski definition) is 2. The molecule has 2 heteroatoms. The molecule has 2 nitrogen and oxygen atoms in total. The third-order valence-corrected chi connectivity index (χ3v) is 4.25. The van der Waals surface area contributed by atoms with Crippen LogP contribution >= 0.6 is 0 Å². The quantitative estimate of drug-likeness (QED) is 0.772. The molecule has 2 aliphatic rings. The number of nitrogens with one attached hydrogen (secondary N) is 1. The van der Waals surface area contributed by atoms with E-state index >= 15 is 0 Å². The van der Waals surface area contributed by atoms with Gasteiger partial charge in [0.2, 0.25) is 0 Å². The first-order valence-corrected chi connectivity index (χ1v) is 7.18. The summed E-state index contributed by atoms with van der Waals surface area (Å²) in [5, 5.41) is 3.70. The van der Waals surface area contributed by atoms with Crippen molar-refractivity contribution in [3.8, 4) is 0 Å². The SMILES string of the molecule is CCCNC1CC(C)CN(C(C)C2CC2)C1. The Balaban J connectivity index is 1.83. The van der Waals surface area contributed by atoms with Crippen LogP contribution in [-0.2, 0) is 0 Å². The van der Waals surface area contributed by atoms with E-state index in [0.717, 1.165) is 23.9 Å². The second-order valence-corrected chi connectivity index (χ2v) is 6.02. The van der Waals surface area contributed by atoms with Crippen LogP contribution in [0.1, 0.15) is 46.5 Å². The van der Waals surface area contributed by atoms with Crippen LogP contribution in [-0.4, -0.2) is 36.6 Å². The zero-order chi connectivity index (χ0) is 11.5. The first-order valence-electron chi connectivity index (χ1n) is 7.18. The fourth-order valence-corrected chi connectivity index (χ4v) is 3.10. The van der Waals surface area contributed by atoms with Gasteiger partial charge in [0, 0.05) is 25.2 Å². The molecule has 16 heavy (non-hydrogen) atoms. The molecule has 0 radical (unpaired) electrons. The summed E-state index contributed by atoms with van der Waals surface area (Å²) < 4.78 is 0. The summed E-state index contributed by atoms with van der Waals surface area (Å²) in [6.45, 7) is 10.9. The largest absolute Gasteiger partial charge is 0.313 e. The normalized spacial score (nSPS) is 33.9. The molecule has 1 heterocycles. The molecule has 0 aromatic carbocycles. The van der Waals surface area contributed by atoms with Gasteiger partial charge in [0.15, 0.2) is 0 Å². The molecule has 1 aliphatic carbocycles. The van der Waals surface area contributed by atoms with Gasteiger partial charge >= 0.3 is 0 Å². The maximum absolute atomic E-state index is 3.70. The summed E-state index contributed by atoms with van der Waals surface area (Å²) >= 11 is 0. The summed E-state index contributed by atoms with van der Waals surface area (Å²) in [5.41, 5.74) is 0. The van der Waals surface area contributed by atoms with Crippen LogP contribution in [0.3, 0.4) is 0 Å². The van der Waals surface area contributed by atoms with E-state index in [1.54, 1.807) is 0 Å². The van der Waals surface area contributed by atoms with Gasteiger partial charge in [-0.15, -0.1) is 0 Å². The van der Waals surface area contributed by atoms with Crippen molar-refractivity contribution >= 4 is 0 Å². The monoisotopic (exact) mass is 224 g/mol. The lowest BCUT2D eigenvalue weighted by atomic mass is 9.94. The smallest absolute Gasteiger partial charge is 0.0198 e. The summed E-state index contributed by atoms with van der Waals surface area (Å²) in [6.07, 6.45) is 5.56. The van der Waals surface area contributed by atoms with E-state index < -0.39 is 0 Å². The highest BCUT2D eigenvalue weighted by Gasteiger charge is 2.35. The van der Waals surface area contributed by atoms with Crippen LogP contribution in [0.4, 0.5) is 0 Å². The first kappa shape index (κ1) is 12.4. The second-order valence-electron chi connectivity index (χ2n) is 6.02. The Kier molecular flexibility index (Phi) is 4.26. The maximum atomic E-state index is 3.70. The third kappa shape index (κ3) is 3.21. The van der Waals surface area contributed by atoms with Gasteiger partial charge in [-0.25, -0.2) is 0 Å².